The number of esters is 1. The number of carbonyl (C=O) groups is 2. The number of nitrogens with one attached hydrogen (secondary N) is 1. The first-order valence-corrected chi connectivity index (χ1v) is 8.17. The SMILES string of the molecule is COC(=O)Cn1c(C)cc(Sc2ccccc2)c(NC(=O)OC)c1=O. The van der Waals surface area contributed by atoms with Crippen molar-refractivity contribution in [2.75, 3.05) is 19.5 Å². The van der Waals surface area contributed by atoms with Gasteiger partial charge in [0, 0.05) is 15.5 Å². The van der Waals surface area contributed by atoms with E-state index < -0.39 is 17.6 Å². The van der Waals surface area contributed by atoms with Gasteiger partial charge in [-0.25, -0.2) is 4.79 Å². The Kier molecular flexibility index (Phi) is 6.24. The molecule has 2 rings (SSSR count). The molecule has 0 radical (unpaired) electrons. The minimum atomic E-state index is -0.763. The van der Waals surface area contributed by atoms with Crippen molar-refractivity contribution in [1.29, 1.82) is 0 Å². The number of rotatable bonds is 5. The summed E-state index contributed by atoms with van der Waals surface area (Å²) in [6.45, 7) is 1.47. The fourth-order valence-corrected chi connectivity index (χ4v) is 3.11. The fraction of sp³-hybridized carbons (Fsp3) is 0.235. The Bertz CT molecular complexity index is 833. The van der Waals surface area contributed by atoms with Gasteiger partial charge in [-0.15, -0.1) is 0 Å². The number of amides is 1. The molecule has 1 aromatic carbocycles. The lowest BCUT2D eigenvalue weighted by molar-refractivity contribution is -0.141. The summed E-state index contributed by atoms with van der Waals surface area (Å²) in [5.74, 6) is -0.558. The largest absolute Gasteiger partial charge is 0.468 e. The van der Waals surface area contributed by atoms with E-state index in [4.69, 9.17) is 0 Å². The molecule has 0 unspecified atom stereocenters. The second kappa shape index (κ2) is 8.39. The summed E-state index contributed by atoms with van der Waals surface area (Å²) in [5.41, 5.74) is 0.119. The third kappa shape index (κ3) is 4.63. The van der Waals surface area contributed by atoms with E-state index in [0.717, 1.165) is 4.90 Å². The molecule has 0 bridgehead atoms. The lowest BCUT2D eigenvalue weighted by atomic mass is 10.3. The summed E-state index contributed by atoms with van der Waals surface area (Å²) >= 11 is 1.33. The molecule has 1 heterocycles. The van der Waals surface area contributed by atoms with Crippen molar-refractivity contribution in [2.24, 2.45) is 0 Å². The molecule has 1 aromatic heterocycles. The Morgan fingerprint density at radius 2 is 1.84 bits per heavy atom. The molecule has 8 heteroatoms. The summed E-state index contributed by atoms with van der Waals surface area (Å²) in [4.78, 5) is 37.4. The van der Waals surface area contributed by atoms with Gasteiger partial charge < -0.3 is 9.47 Å². The number of hydrogen-bond acceptors (Lipinski definition) is 6. The third-order valence-corrected chi connectivity index (χ3v) is 4.42. The maximum absolute atomic E-state index is 12.8. The van der Waals surface area contributed by atoms with Crippen molar-refractivity contribution >= 4 is 29.5 Å². The van der Waals surface area contributed by atoms with E-state index in [1.165, 1.54) is 30.5 Å². The van der Waals surface area contributed by atoms with Crippen LogP contribution in [0.25, 0.3) is 0 Å². The molecule has 7 nitrogen and oxygen atoms in total. The first-order valence-electron chi connectivity index (χ1n) is 7.35. The number of aromatic nitrogens is 1. The Balaban J connectivity index is 2.52. The lowest BCUT2D eigenvalue weighted by Crippen LogP contribution is -2.30. The van der Waals surface area contributed by atoms with Gasteiger partial charge in [-0.1, -0.05) is 30.0 Å². The van der Waals surface area contributed by atoms with E-state index in [9.17, 15) is 14.4 Å². The predicted molar refractivity (Wildman–Crippen MR) is 94.0 cm³/mol. The summed E-state index contributed by atoms with van der Waals surface area (Å²) in [5, 5.41) is 2.44. The molecule has 0 aliphatic rings. The second-order valence-corrected chi connectivity index (χ2v) is 6.14. The average Bonchev–Trinajstić information content (AvgIpc) is 2.62. The molecular formula is C17H18N2O5S. The van der Waals surface area contributed by atoms with Crippen molar-refractivity contribution in [3.05, 3.63) is 52.4 Å². The molecule has 1 N–H and O–H groups in total. The standard InChI is InChI=1S/C17H18N2O5S/c1-11-9-13(25-12-7-5-4-6-8-12)15(18-17(22)24-3)16(21)19(11)10-14(20)23-2/h4-9H,10H2,1-3H3,(H,18,22). The van der Waals surface area contributed by atoms with Gasteiger partial charge in [0.05, 0.1) is 14.2 Å². The monoisotopic (exact) mass is 362 g/mol. The molecule has 0 spiro atoms. The highest BCUT2D eigenvalue weighted by molar-refractivity contribution is 7.99. The molecule has 0 saturated carbocycles. The van der Waals surface area contributed by atoms with Crippen molar-refractivity contribution in [2.45, 2.75) is 23.3 Å². The van der Waals surface area contributed by atoms with Crippen LogP contribution in [0.4, 0.5) is 10.5 Å². The smallest absolute Gasteiger partial charge is 0.411 e. The van der Waals surface area contributed by atoms with E-state index in [2.05, 4.69) is 14.8 Å². The summed E-state index contributed by atoms with van der Waals surface area (Å²) in [6, 6.07) is 11.1. The van der Waals surface area contributed by atoms with Crippen LogP contribution >= 0.6 is 11.8 Å². The first-order chi connectivity index (χ1) is 12.0. The first kappa shape index (κ1) is 18.6. The molecule has 25 heavy (non-hydrogen) atoms. The molecule has 0 fully saturated rings. The van der Waals surface area contributed by atoms with Gasteiger partial charge in [-0.2, -0.15) is 0 Å². The van der Waals surface area contributed by atoms with Gasteiger partial charge in [0.15, 0.2) is 0 Å². The van der Waals surface area contributed by atoms with Crippen molar-refractivity contribution in [1.82, 2.24) is 4.57 Å². The number of carbonyl (C=O) groups excluding carboxylic acids is 2. The van der Waals surface area contributed by atoms with Gasteiger partial charge >= 0.3 is 12.1 Å². The molecule has 0 aliphatic heterocycles. The zero-order valence-corrected chi connectivity index (χ0v) is 14.9. The van der Waals surface area contributed by atoms with E-state index in [0.29, 0.717) is 10.6 Å². The number of aryl methyl sites for hydroxylation is 1. The van der Waals surface area contributed by atoms with Gasteiger partial charge in [0.2, 0.25) is 0 Å². The minimum Gasteiger partial charge on any atom is -0.468 e. The average molecular weight is 362 g/mol. The number of anilines is 1. The third-order valence-electron chi connectivity index (χ3n) is 3.37. The summed E-state index contributed by atoms with van der Waals surface area (Å²) in [6.07, 6.45) is -0.763. The van der Waals surface area contributed by atoms with E-state index in [1.807, 2.05) is 30.3 Å². The van der Waals surface area contributed by atoms with Gasteiger partial charge in [-0.3, -0.25) is 19.5 Å². The Hall–Kier alpha value is -2.74. The van der Waals surface area contributed by atoms with Crippen molar-refractivity contribution < 1.29 is 19.1 Å². The molecule has 2 aromatic rings. The van der Waals surface area contributed by atoms with Crippen LogP contribution in [-0.2, 0) is 20.8 Å². The van der Waals surface area contributed by atoms with Crippen LogP contribution in [0.1, 0.15) is 5.69 Å². The van der Waals surface area contributed by atoms with Gasteiger partial charge in [-0.05, 0) is 25.1 Å². The van der Waals surface area contributed by atoms with E-state index in [1.54, 1.807) is 13.0 Å². The van der Waals surface area contributed by atoms with Crippen LogP contribution in [0.5, 0.6) is 0 Å². The second-order valence-electron chi connectivity index (χ2n) is 5.02. The van der Waals surface area contributed by atoms with Crippen molar-refractivity contribution in [3.8, 4) is 0 Å². The van der Waals surface area contributed by atoms with Crippen LogP contribution in [0, 0.1) is 6.92 Å². The molecule has 0 saturated heterocycles. The van der Waals surface area contributed by atoms with Crippen LogP contribution in [-0.4, -0.2) is 30.8 Å². The lowest BCUT2D eigenvalue weighted by Gasteiger charge is -2.15. The van der Waals surface area contributed by atoms with Gasteiger partial charge in [0.25, 0.3) is 5.56 Å². The number of hydrogen-bond donors (Lipinski definition) is 1. The fourth-order valence-electron chi connectivity index (χ4n) is 2.09. The highest BCUT2D eigenvalue weighted by Crippen LogP contribution is 2.32. The molecule has 1 amide bonds. The molecule has 0 aliphatic carbocycles. The van der Waals surface area contributed by atoms with Crippen LogP contribution in [0.2, 0.25) is 0 Å². The quantitative estimate of drug-likeness (QED) is 0.823. The zero-order chi connectivity index (χ0) is 18.4. The maximum Gasteiger partial charge on any atom is 0.411 e. The Morgan fingerprint density at radius 1 is 1.16 bits per heavy atom. The van der Waals surface area contributed by atoms with Gasteiger partial charge in [0.1, 0.15) is 12.2 Å². The molecule has 0 atom stereocenters. The van der Waals surface area contributed by atoms with Crippen molar-refractivity contribution in [3.63, 3.8) is 0 Å². The summed E-state index contributed by atoms with van der Waals surface area (Å²) < 4.78 is 10.4. The zero-order valence-electron chi connectivity index (χ0n) is 14.1. The highest BCUT2D eigenvalue weighted by atomic mass is 32.2. The Morgan fingerprint density at radius 3 is 2.44 bits per heavy atom. The number of pyridine rings is 1. The maximum atomic E-state index is 12.8. The van der Waals surface area contributed by atoms with Crippen LogP contribution in [0.15, 0.2) is 51.0 Å². The minimum absolute atomic E-state index is 0.0511. The highest BCUT2D eigenvalue weighted by Gasteiger charge is 2.18. The summed E-state index contributed by atoms with van der Waals surface area (Å²) in [7, 11) is 2.45. The topological polar surface area (TPSA) is 86.6 Å². The van der Waals surface area contributed by atoms with Crippen LogP contribution in [0.3, 0.4) is 0 Å². The molecule has 132 valence electrons. The molecular weight excluding hydrogens is 344 g/mol. The number of methoxy groups -OCH3 is 2. The normalized spacial score (nSPS) is 10.2. The van der Waals surface area contributed by atoms with E-state index >= 15 is 0 Å². The number of benzene rings is 1. The number of ether oxygens (including phenoxy) is 2. The van der Waals surface area contributed by atoms with Crippen LogP contribution < -0.4 is 10.9 Å². The Labute approximate surface area is 148 Å². The van der Waals surface area contributed by atoms with E-state index in [-0.39, 0.29) is 12.2 Å². The number of nitrogens with zero attached hydrogens (tertiary/aromatic N) is 1. The predicted octanol–water partition coefficient (Wildman–Crippen LogP) is 2.66.